The van der Waals surface area contributed by atoms with Crippen LogP contribution in [0, 0.1) is 17.1 Å². The van der Waals surface area contributed by atoms with Crippen LogP contribution in [0.5, 0.6) is 5.75 Å². The number of nitriles is 1. The molecule has 0 aromatic heterocycles. The number of halogens is 1. The summed E-state index contributed by atoms with van der Waals surface area (Å²) >= 11 is 0. The van der Waals surface area contributed by atoms with Gasteiger partial charge in [0.1, 0.15) is 11.6 Å². The lowest BCUT2D eigenvalue weighted by Crippen LogP contribution is -2.05. The van der Waals surface area contributed by atoms with Crippen molar-refractivity contribution in [3.05, 3.63) is 53.3 Å². The predicted octanol–water partition coefficient (Wildman–Crippen LogP) is 3.09. The van der Waals surface area contributed by atoms with Crippen LogP contribution >= 0.6 is 0 Å². The zero-order valence-electron chi connectivity index (χ0n) is 11.4. The third-order valence-electron chi connectivity index (χ3n) is 3.03. The molecular weight excluding hydrogens is 255 g/mol. The van der Waals surface area contributed by atoms with E-state index in [4.69, 9.17) is 10.00 Å². The minimum Gasteiger partial charge on any atom is -0.496 e. The minimum atomic E-state index is -0.328. The lowest BCUT2D eigenvalue weighted by molar-refractivity contribution is 0.416. The lowest BCUT2D eigenvalue weighted by Gasteiger charge is -2.11. The van der Waals surface area contributed by atoms with Crippen molar-refractivity contribution in [3.8, 4) is 22.9 Å². The highest BCUT2D eigenvalue weighted by Crippen LogP contribution is 2.33. The quantitative estimate of drug-likeness (QED) is 0.928. The maximum absolute atomic E-state index is 14.2. The summed E-state index contributed by atoms with van der Waals surface area (Å²) in [5.74, 6) is 0.218. The van der Waals surface area contributed by atoms with Crippen LogP contribution in [0.1, 0.15) is 11.1 Å². The second-order valence-corrected chi connectivity index (χ2v) is 4.37. The molecule has 0 atom stereocenters. The highest BCUT2D eigenvalue weighted by atomic mass is 19.1. The Kier molecular flexibility index (Phi) is 4.34. The largest absolute Gasteiger partial charge is 0.496 e. The second kappa shape index (κ2) is 6.18. The molecule has 1 N–H and O–H groups in total. The molecule has 3 nitrogen and oxygen atoms in total. The topological polar surface area (TPSA) is 45.0 Å². The monoisotopic (exact) mass is 270 g/mol. The molecule has 0 aliphatic rings. The Balaban J connectivity index is 2.53. The molecule has 2 aromatic rings. The SMILES string of the molecule is CNCc1ccc(-c2cc(C#N)ccc2OC)c(F)c1. The van der Waals surface area contributed by atoms with Crippen LogP contribution in [-0.2, 0) is 6.54 Å². The van der Waals surface area contributed by atoms with E-state index in [-0.39, 0.29) is 5.82 Å². The molecule has 0 bridgehead atoms. The Labute approximate surface area is 117 Å². The van der Waals surface area contributed by atoms with Gasteiger partial charge in [0.05, 0.1) is 18.7 Å². The molecule has 0 fully saturated rings. The normalized spacial score (nSPS) is 10.1. The van der Waals surface area contributed by atoms with E-state index in [2.05, 4.69) is 11.4 Å². The average Bonchev–Trinajstić information content (AvgIpc) is 2.47. The first kappa shape index (κ1) is 14.0. The Morgan fingerprint density at radius 1 is 1.20 bits per heavy atom. The molecule has 0 aliphatic carbocycles. The molecule has 102 valence electrons. The summed E-state index contributed by atoms with van der Waals surface area (Å²) in [6.45, 7) is 0.604. The van der Waals surface area contributed by atoms with Gasteiger partial charge in [0.25, 0.3) is 0 Å². The molecule has 0 unspecified atom stereocenters. The molecule has 2 rings (SSSR count). The fraction of sp³-hybridized carbons (Fsp3) is 0.188. The van der Waals surface area contributed by atoms with Crippen LogP contribution in [0.15, 0.2) is 36.4 Å². The van der Waals surface area contributed by atoms with E-state index in [0.29, 0.717) is 29.0 Å². The number of rotatable bonds is 4. The lowest BCUT2D eigenvalue weighted by atomic mass is 10.00. The van der Waals surface area contributed by atoms with E-state index in [0.717, 1.165) is 5.56 Å². The third kappa shape index (κ3) is 2.79. The highest BCUT2D eigenvalue weighted by Gasteiger charge is 2.12. The average molecular weight is 270 g/mol. The van der Waals surface area contributed by atoms with Gasteiger partial charge in [-0.25, -0.2) is 4.39 Å². The van der Waals surface area contributed by atoms with Gasteiger partial charge in [0.15, 0.2) is 0 Å². The fourth-order valence-electron chi connectivity index (χ4n) is 2.08. The Hall–Kier alpha value is -2.38. The molecule has 4 heteroatoms. The van der Waals surface area contributed by atoms with E-state index >= 15 is 0 Å². The second-order valence-electron chi connectivity index (χ2n) is 4.37. The molecule has 20 heavy (non-hydrogen) atoms. The van der Waals surface area contributed by atoms with Crippen molar-refractivity contribution in [1.29, 1.82) is 5.26 Å². The maximum atomic E-state index is 14.2. The number of ether oxygens (including phenoxy) is 1. The summed E-state index contributed by atoms with van der Waals surface area (Å²) in [5.41, 5.74) is 2.35. The van der Waals surface area contributed by atoms with Gasteiger partial charge in [0.2, 0.25) is 0 Å². The molecule has 0 aliphatic heterocycles. The van der Waals surface area contributed by atoms with Crippen LogP contribution in [0.3, 0.4) is 0 Å². The summed E-state index contributed by atoms with van der Waals surface area (Å²) in [5, 5.41) is 11.9. The predicted molar refractivity (Wildman–Crippen MR) is 75.9 cm³/mol. The summed E-state index contributed by atoms with van der Waals surface area (Å²) in [6.07, 6.45) is 0. The molecule has 0 radical (unpaired) electrons. The van der Waals surface area contributed by atoms with Crippen LogP contribution in [0.25, 0.3) is 11.1 Å². The smallest absolute Gasteiger partial charge is 0.131 e. The van der Waals surface area contributed by atoms with Crippen LogP contribution < -0.4 is 10.1 Å². The Morgan fingerprint density at radius 3 is 2.60 bits per heavy atom. The van der Waals surface area contributed by atoms with Crippen molar-refractivity contribution in [3.63, 3.8) is 0 Å². The number of nitrogens with zero attached hydrogens (tertiary/aromatic N) is 1. The first-order valence-corrected chi connectivity index (χ1v) is 6.21. The van der Waals surface area contributed by atoms with Crippen molar-refractivity contribution >= 4 is 0 Å². The number of hydrogen-bond acceptors (Lipinski definition) is 3. The standard InChI is InChI=1S/C16H15FN2O/c1-19-10-12-3-5-13(15(17)8-12)14-7-11(9-18)4-6-16(14)20-2/h3-8,19H,10H2,1-2H3. The fourth-order valence-corrected chi connectivity index (χ4v) is 2.08. The first-order chi connectivity index (χ1) is 9.69. The van der Waals surface area contributed by atoms with Crippen LogP contribution in [0.4, 0.5) is 4.39 Å². The van der Waals surface area contributed by atoms with Gasteiger partial charge in [-0.3, -0.25) is 0 Å². The van der Waals surface area contributed by atoms with E-state index in [9.17, 15) is 4.39 Å². The van der Waals surface area contributed by atoms with Crippen molar-refractivity contribution < 1.29 is 9.13 Å². The van der Waals surface area contributed by atoms with Gasteiger partial charge in [-0.05, 0) is 36.9 Å². The van der Waals surface area contributed by atoms with Gasteiger partial charge in [0, 0.05) is 17.7 Å². The molecular formula is C16H15FN2O. The zero-order chi connectivity index (χ0) is 14.5. The number of hydrogen-bond donors (Lipinski definition) is 1. The third-order valence-corrected chi connectivity index (χ3v) is 3.03. The summed E-state index contributed by atoms with van der Waals surface area (Å²) < 4.78 is 19.5. The van der Waals surface area contributed by atoms with Crippen molar-refractivity contribution in [2.45, 2.75) is 6.54 Å². The van der Waals surface area contributed by atoms with Gasteiger partial charge in [-0.1, -0.05) is 12.1 Å². The number of benzene rings is 2. The van der Waals surface area contributed by atoms with Crippen LogP contribution in [0.2, 0.25) is 0 Å². The van der Waals surface area contributed by atoms with Crippen molar-refractivity contribution in [2.75, 3.05) is 14.2 Å². The summed E-state index contributed by atoms with van der Waals surface area (Å²) in [7, 11) is 3.34. The highest BCUT2D eigenvalue weighted by molar-refractivity contribution is 5.72. The van der Waals surface area contributed by atoms with Crippen LogP contribution in [-0.4, -0.2) is 14.2 Å². The summed E-state index contributed by atoms with van der Waals surface area (Å²) in [6, 6.07) is 12.1. The number of methoxy groups -OCH3 is 1. The van der Waals surface area contributed by atoms with E-state index in [1.807, 2.05) is 13.1 Å². The van der Waals surface area contributed by atoms with Gasteiger partial charge < -0.3 is 10.1 Å². The minimum absolute atomic E-state index is 0.328. The van der Waals surface area contributed by atoms with E-state index in [1.54, 1.807) is 24.3 Å². The van der Waals surface area contributed by atoms with E-state index < -0.39 is 0 Å². The van der Waals surface area contributed by atoms with Gasteiger partial charge >= 0.3 is 0 Å². The van der Waals surface area contributed by atoms with Gasteiger partial charge in [-0.15, -0.1) is 0 Å². The Bertz CT molecular complexity index is 662. The van der Waals surface area contributed by atoms with E-state index in [1.165, 1.54) is 13.2 Å². The van der Waals surface area contributed by atoms with Crippen molar-refractivity contribution in [1.82, 2.24) is 5.32 Å². The Morgan fingerprint density at radius 2 is 2.00 bits per heavy atom. The number of nitrogens with one attached hydrogen (secondary N) is 1. The molecule has 0 amide bonds. The van der Waals surface area contributed by atoms with Gasteiger partial charge in [-0.2, -0.15) is 5.26 Å². The molecule has 0 heterocycles. The first-order valence-electron chi connectivity index (χ1n) is 6.21. The van der Waals surface area contributed by atoms with Crippen molar-refractivity contribution in [2.24, 2.45) is 0 Å². The summed E-state index contributed by atoms with van der Waals surface area (Å²) in [4.78, 5) is 0. The molecule has 0 saturated carbocycles. The zero-order valence-corrected chi connectivity index (χ0v) is 11.4. The molecule has 2 aromatic carbocycles. The maximum Gasteiger partial charge on any atom is 0.131 e. The molecule has 0 saturated heterocycles. The molecule has 0 spiro atoms.